The van der Waals surface area contributed by atoms with Gasteiger partial charge in [0.25, 0.3) is 0 Å². The van der Waals surface area contributed by atoms with Gasteiger partial charge in [0.05, 0.1) is 12.0 Å². The molecule has 2 atom stereocenters. The normalized spacial score (nSPS) is 14.9. The molecule has 15 heavy (non-hydrogen) atoms. The lowest BCUT2D eigenvalue weighted by atomic mass is 9.94. The van der Waals surface area contributed by atoms with Gasteiger partial charge in [0.1, 0.15) is 0 Å². The highest BCUT2D eigenvalue weighted by Gasteiger charge is 2.27. The first-order valence-electron chi connectivity index (χ1n) is 4.95. The van der Waals surface area contributed by atoms with Crippen LogP contribution in [-0.4, -0.2) is 16.2 Å². The number of aliphatic hydroxyl groups is 1. The van der Waals surface area contributed by atoms with Crippen LogP contribution in [0.25, 0.3) is 0 Å². The summed E-state index contributed by atoms with van der Waals surface area (Å²) < 4.78 is 0. The number of thiophene rings is 1. The van der Waals surface area contributed by atoms with Crippen molar-refractivity contribution in [1.29, 1.82) is 0 Å². The van der Waals surface area contributed by atoms with Crippen LogP contribution in [0.3, 0.4) is 0 Å². The summed E-state index contributed by atoms with van der Waals surface area (Å²) in [4.78, 5) is 13.0. The Morgan fingerprint density at radius 2 is 2.13 bits per heavy atom. The summed E-state index contributed by atoms with van der Waals surface area (Å²) in [5.74, 6) is -1.65. The van der Waals surface area contributed by atoms with E-state index in [9.17, 15) is 9.90 Å². The van der Waals surface area contributed by atoms with Crippen molar-refractivity contribution in [2.24, 2.45) is 5.92 Å². The Morgan fingerprint density at radius 1 is 1.53 bits per heavy atom. The summed E-state index contributed by atoms with van der Waals surface area (Å²) in [6.45, 7) is 5.64. The second kappa shape index (κ2) is 4.77. The van der Waals surface area contributed by atoms with E-state index in [4.69, 9.17) is 5.11 Å². The Bertz CT molecular complexity index is 357. The van der Waals surface area contributed by atoms with E-state index in [0.717, 1.165) is 15.3 Å². The highest BCUT2D eigenvalue weighted by molar-refractivity contribution is 7.12. The van der Waals surface area contributed by atoms with Crippen molar-refractivity contribution in [2.45, 2.75) is 33.3 Å². The van der Waals surface area contributed by atoms with Crippen LogP contribution in [-0.2, 0) is 4.79 Å². The first kappa shape index (κ1) is 12.2. The van der Waals surface area contributed by atoms with Gasteiger partial charge in [-0.1, -0.05) is 6.92 Å². The number of carbonyl (C=O) groups is 1. The van der Waals surface area contributed by atoms with E-state index < -0.39 is 18.0 Å². The molecule has 0 aliphatic carbocycles. The van der Waals surface area contributed by atoms with E-state index in [2.05, 4.69) is 0 Å². The molecule has 2 N–H and O–H groups in total. The van der Waals surface area contributed by atoms with E-state index >= 15 is 0 Å². The minimum absolute atomic E-state index is 0.435. The Kier molecular flexibility index (Phi) is 3.88. The van der Waals surface area contributed by atoms with Gasteiger partial charge in [-0.2, -0.15) is 0 Å². The Balaban J connectivity index is 2.96. The molecule has 0 saturated carbocycles. The molecule has 1 rings (SSSR count). The molecule has 0 bridgehead atoms. The molecule has 0 saturated heterocycles. The fourth-order valence-corrected chi connectivity index (χ4v) is 2.66. The maximum atomic E-state index is 10.9. The molecule has 0 amide bonds. The minimum atomic E-state index is -0.937. The molecule has 1 aromatic rings. The van der Waals surface area contributed by atoms with Crippen molar-refractivity contribution in [3.8, 4) is 0 Å². The molecule has 1 aromatic heterocycles. The maximum absolute atomic E-state index is 10.9. The second-order valence-corrected chi connectivity index (χ2v) is 5.13. The molecule has 0 spiro atoms. The number of aliphatic hydroxyl groups excluding tert-OH is 1. The van der Waals surface area contributed by atoms with Crippen molar-refractivity contribution in [3.05, 3.63) is 21.4 Å². The summed E-state index contributed by atoms with van der Waals surface area (Å²) in [5, 5.41) is 18.9. The lowest BCUT2D eigenvalue weighted by molar-refractivity contribution is -0.146. The molecular weight excluding hydrogens is 212 g/mol. The van der Waals surface area contributed by atoms with Crippen molar-refractivity contribution < 1.29 is 15.0 Å². The SMILES string of the molecule is CCC(C(=O)O)C(O)c1cc(C)sc1C. The molecular formula is C11H16O3S. The molecule has 0 fully saturated rings. The van der Waals surface area contributed by atoms with E-state index in [0.29, 0.717) is 6.42 Å². The Labute approximate surface area is 93.4 Å². The lowest BCUT2D eigenvalue weighted by Crippen LogP contribution is -2.21. The van der Waals surface area contributed by atoms with Crippen LogP contribution in [0.4, 0.5) is 0 Å². The lowest BCUT2D eigenvalue weighted by Gasteiger charge is -2.17. The predicted molar refractivity (Wildman–Crippen MR) is 60.2 cm³/mol. The molecule has 0 aliphatic rings. The van der Waals surface area contributed by atoms with Crippen molar-refractivity contribution in [3.63, 3.8) is 0 Å². The summed E-state index contributed by atoms with van der Waals surface area (Å²) in [5.41, 5.74) is 0.756. The van der Waals surface area contributed by atoms with Gasteiger partial charge in [-0.25, -0.2) is 0 Å². The largest absolute Gasteiger partial charge is 0.481 e. The van der Waals surface area contributed by atoms with Crippen LogP contribution in [0.5, 0.6) is 0 Å². The van der Waals surface area contributed by atoms with Crippen molar-refractivity contribution in [2.75, 3.05) is 0 Å². The van der Waals surface area contributed by atoms with Crippen LogP contribution < -0.4 is 0 Å². The number of rotatable bonds is 4. The maximum Gasteiger partial charge on any atom is 0.309 e. The zero-order chi connectivity index (χ0) is 11.6. The number of aliphatic carboxylic acids is 1. The first-order chi connectivity index (χ1) is 6.97. The van der Waals surface area contributed by atoms with E-state index in [1.54, 1.807) is 18.3 Å². The van der Waals surface area contributed by atoms with Gasteiger partial charge in [0.2, 0.25) is 0 Å². The molecule has 0 aromatic carbocycles. The molecule has 1 heterocycles. The number of carboxylic acids is 1. The van der Waals surface area contributed by atoms with Crippen LogP contribution >= 0.6 is 11.3 Å². The van der Waals surface area contributed by atoms with Gasteiger partial charge in [-0.15, -0.1) is 11.3 Å². The third-order valence-electron chi connectivity index (χ3n) is 2.54. The number of hydrogen-bond donors (Lipinski definition) is 2. The third kappa shape index (κ3) is 2.58. The van der Waals surface area contributed by atoms with Gasteiger partial charge >= 0.3 is 5.97 Å². The highest BCUT2D eigenvalue weighted by Crippen LogP contribution is 2.32. The standard InChI is InChI=1S/C11H16O3S/c1-4-8(11(13)14)10(12)9-5-6(2)15-7(9)3/h5,8,10,12H,4H2,1-3H3,(H,13,14). The molecule has 4 heteroatoms. The van der Waals surface area contributed by atoms with E-state index in [1.165, 1.54) is 0 Å². The highest BCUT2D eigenvalue weighted by atomic mass is 32.1. The average Bonchev–Trinajstić information content (AvgIpc) is 2.45. The van der Waals surface area contributed by atoms with Gasteiger partial charge < -0.3 is 10.2 Å². The van der Waals surface area contributed by atoms with Crippen molar-refractivity contribution >= 4 is 17.3 Å². The van der Waals surface area contributed by atoms with Crippen LogP contribution in [0.1, 0.15) is 34.8 Å². The average molecular weight is 228 g/mol. The fourth-order valence-electron chi connectivity index (χ4n) is 1.69. The smallest absolute Gasteiger partial charge is 0.309 e. The zero-order valence-electron chi connectivity index (χ0n) is 9.15. The topological polar surface area (TPSA) is 57.5 Å². The van der Waals surface area contributed by atoms with Gasteiger partial charge in [-0.05, 0) is 31.9 Å². The Morgan fingerprint density at radius 3 is 2.47 bits per heavy atom. The van der Waals surface area contributed by atoms with E-state index in [1.807, 2.05) is 19.9 Å². The van der Waals surface area contributed by atoms with Crippen LogP contribution in [0, 0.1) is 19.8 Å². The van der Waals surface area contributed by atoms with Gasteiger partial charge in [0.15, 0.2) is 0 Å². The number of hydrogen-bond acceptors (Lipinski definition) is 3. The van der Waals surface area contributed by atoms with Crippen LogP contribution in [0.15, 0.2) is 6.07 Å². The number of carboxylic acid groups (broad SMARTS) is 1. The molecule has 84 valence electrons. The predicted octanol–water partition coefficient (Wildman–Crippen LogP) is 2.51. The fraction of sp³-hybridized carbons (Fsp3) is 0.545. The zero-order valence-corrected chi connectivity index (χ0v) is 9.97. The molecule has 3 nitrogen and oxygen atoms in total. The van der Waals surface area contributed by atoms with Crippen molar-refractivity contribution in [1.82, 2.24) is 0 Å². The molecule has 0 radical (unpaired) electrons. The van der Waals surface area contributed by atoms with E-state index in [-0.39, 0.29) is 0 Å². The first-order valence-corrected chi connectivity index (χ1v) is 5.76. The summed E-state index contributed by atoms with van der Waals surface area (Å²) in [7, 11) is 0. The molecule has 2 unspecified atom stereocenters. The number of aryl methyl sites for hydroxylation is 2. The quantitative estimate of drug-likeness (QED) is 0.832. The van der Waals surface area contributed by atoms with Crippen LogP contribution in [0.2, 0.25) is 0 Å². The monoisotopic (exact) mass is 228 g/mol. The van der Waals surface area contributed by atoms with Gasteiger partial charge in [-0.3, -0.25) is 4.79 Å². The third-order valence-corrected chi connectivity index (χ3v) is 3.52. The molecule has 0 aliphatic heterocycles. The van der Waals surface area contributed by atoms with Gasteiger partial charge in [0, 0.05) is 9.75 Å². The summed E-state index contributed by atoms with van der Waals surface area (Å²) >= 11 is 1.58. The second-order valence-electron chi connectivity index (χ2n) is 3.67. The summed E-state index contributed by atoms with van der Waals surface area (Å²) in [6.07, 6.45) is -0.456. The minimum Gasteiger partial charge on any atom is -0.481 e. The Hall–Kier alpha value is -0.870. The summed E-state index contributed by atoms with van der Waals surface area (Å²) in [6, 6.07) is 1.87.